The molecule has 6 heteroatoms. The van der Waals surface area contributed by atoms with E-state index in [0.717, 1.165) is 0 Å². The van der Waals surface area contributed by atoms with Crippen molar-refractivity contribution in [2.75, 3.05) is 13.2 Å². The van der Waals surface area contributed by atoms with Crippen molar-refractivity contribution in [3.05, 3.63) is 0 Å². The molecule has 0 atom stereocenters. The van der Waals surface area contributed by atoms with Gasteiger partial charge in [-0.05, 0) is 13.3 Å². The summed E-state index contributed by atoms with van der Waals surface area (Å²) in [5.74, 6) is -2.14. The Kier molecular flexibility index (Phi) is 6.09. The number of nitrogens with one attached hydrogen (secondary N) is 1. The van der Waals surface area contributed by atoms with E-state index in [0.29, 0.717) is 6.42 Å². The molecule has 0 rings (SSSR count). The van der Waals surface area contributed by atoms with Gasteiger partial charge < -0.3 is 15.8 Å². The number of ether oxygens (including phenoxy) is 1. The molecule has 0 saturated heterocycles. The maximum absolute atomic E-state index is 10.9. The van der Waals surface area contributed by atoms with Crippen LogP contribution in [-0.2, 0) is 19.1 Å². The Balaban J connectivity index is 3.53. The van der Waals surface area contributed by atoms with E-state index in [9.17, 15) is 14.4 Å². The van der Waals surface area contributed by atoms with Crippen LogP contribution in [0.3, 0.4) is 0 Å². The first kappa shape index (κ1) is 12.4. The predicted molar refractivity (Wildman–Crippen MR) is 48.1 cm³/mol. The van der Waals surface area contributed by atoms with Gasteiger partial charge in [0.2, 0.25) is 5.91 Å². The second-order valence-electron chi connectivity index (χ2n) is 2.55. The first-order valence-corrected chi connectivity index (χ1v) is 4.31. The van der Waals surface area contributed by atoms with Crippen LogP contribution < -0.4 is 11.1 Å². The van der Waals surface area contributed by atoms with Gasteiger partial charge in [0.25, 0.3) is 0 Å². The second kappa shape index (κ2) is 6.88. The Hall–Kier alpha value is -1.59. The Labute approximate surface area is 81.8 Å². The third kappa shape index (κ3) is 5.99. The number of amides is 2. The van der Waals surface area contributed by atoms with E-state index in [4.69, 9.17) is 5.73 Å². The van der Waals surface area contributed by atoms with Crippen LogP contribution >= 0.6 is 0 Å². The van der Waals surface area contributed by atoms with Crippen LogP contribution in [-0.4, -0.2) is 30.9 Å². The molecule has 3 N–H and O–H groups in total. The van der Waals surface area contributed by atoms with Crippen molar-refractivity contribution in [2.45, 2.75) is 19.8 Å². The van der Waals surface area contributed by atoms with Crippen molar-refractivity contribution >= 4 is 17.8 Å². The summed E-state index contributed by atoms with van der Waals surface area (Å²) in [5, 5.41) is 2.30. The summed E-state index contributed by atoms with van der Waals surface area (Å²) < 4.78 is 4.44. The van der Waals surface area contributed by atoms with E-state index in [1.165, 1.54) is 0 Å². The molecule has 0 heterocycles. The lowest BCUT2D eigenvalue weighted by Gasteiger charge is -2.02. The van der Waals surface area contributed by atoms with E-state index in [2.05, 4.69) is 10.1 Å². The van der Waals surface area contributed by atoms with Gasteiger partial charge in [0, 0.05) is 13.0 Å². The fourth-order valence-electron chi connectivity index (χ4n) is 0.733. The predicted octanol–water partition coefficient (Wildman–Crippen LogP) is -1.07. The van der Waals surface area contributed by atoms with E-state index in [-0.39, 0.29) is 19.6 Å². The molecule has 0 aromatic heterocycles. The monoisotopic (exact) mass is 202 g/mol. The molecule has 0 saturated carbocycles. The van der Waals surface area contributed by atoms with Crippen molar-refractivity contribution in [2.24, 2.45) is 5.73 Å². The molecule has 14 heavy (non-hydrogen) atoms. The van der Waals surface area contributed by atoms with Crippen LogP contribution in [0.15, 0.2) is 0 Å². The lowest BCUT2D eigenvalue weighted by atomic mass is 10.3. The van der Waals surface area contributed by atoms with Crippen LogP contribution in [0.5, 0.6) is 0 Å². The molecule has 0 aromatic carbocycles. The maximum Gasteiger partial charge on any atom is 0.396 e. The second-order valence-corrected chi connectivity index (χ2v) is 2.55. The highest BCUT2D eigenvalue weighted by Gasteiger charge is 2.12. The van der Waals surface area contributed by atoms with E-state index < -0.39 is 17.8 Å². The molecule has 0 radical (unpaired) electrons. The largest absolute Gasteiger partial charge is 0.459 e. The molecular formula is C8H14N2O4. The van der Waals surface area contributed by atoms with E-state index in [1.54, 1.807) is 6.92 Å². The Morgan fingerprint density at radius 3 is 2.50 bits per heavy atom. The lowest BCUT2D eigenvalue weighted by Crippen LogP contribution is -2.33. The van der Waals surface area contributed by atoms with E-state index in [1.807, 2.05) is 0 Å². The fraction of sp³-hybridized carbons (Fsp3) is 0.625. The third-order valence-electron chi connectivity index (χ3n) is 1.35. The summed E-state index contributed by atoms with van der Waals surface area (Å²) in [4.78, 5) is 31.9. The first-order valence-electron chi connectivity index (χ1n) is 4.31. The highest BCUT2D eigenvalue weighted by atomic mass is 16.5. The van der Waals surface area contributed by atoms with Gasteiger partial charge in [-0.15, -0.1) is 0 Å². The molecular weight excluding hydrogens is 188 g/mol. The molecule has 0 aromatic rings. The van der Waals surface area contributed by atoms with Crippen molar-refractivity contribution in [1.29, 1.82) is 0 Å². The molecule has 6 nitrogen and oxygen atoms in total. The topological polar surface area (TPSA) is 98.5 Å². The molecule has 0 fully saturated rings. The van der Waals surface area contributed by atoms with Crippen LogP contribution in [0.4, 0.5) is 0 Å². The number of carbonyl (C=O) groups excluding carboxylic acids is 3. The van der Waals surface area contributed by atoms with Crippen LogP contribution in [0.1, 0.15) is 19.8 Å². The van der Waals surface area contributed by atoms with Gasteiger partial charge in [0.05, 0.1) is 6.61 Å². The van der Waals surface area contributed by atoms with Crippen molar-refractivity contribution in [3.8, 4) is 0 Å². The van der Waals surface area contributed by atoms with Crippen molar-refractivity contribution < 1.29 is 19.1 Å². The van der Waals surface area contributed by atoms with Gasteiger partial charge in [0.15, 0.2) is 0 Å². The minimum Gasteiger partial charge on any atom is -0.459 e. The van der Waals surface area contributed by atoms with E-state index >= 15 is 0 Å². The van der Waals surface area contributed by atoms with Gasteiger partial charge in [0.1, 0.15) is 0 Å². The Morgan fingerprint density at radius 2 is 2.00 bits per heavy atom. The Bertz CT molecular complexity index is 227. The molecule has 0 spiro atoms. The lowest BCUT2D eigenvalue weighted by molar-refractivity contribution is -0.154. The summed E-state index contributed by atoms with van der Waals surface area (Å²) in [6, 6.07) is 0. The number of carbonyl (C=O) groups is 3. The van der Waals surface area contributed by atoms with Crippen molar-refractivity contribution in [3.63, 3.8) is 0 Å². The molecule has 0 unspecified atom stereocenters. The highest BCUT2D eigenvalue weighted by molar-refractivity contribution is 6.32. The fourth-order valence-corrected chi connectivity index (χ4v) is 0.733. The first-order chi connectivity index (χ1) is 6.57. The standard InChI is InChI=1S/C8H14N2O4/c1-2-14-8(13)7(12)10-5-3-4-6(9)11/h2-5H2,1H3,(H2,9,11)(H,10,12). The van der Waals surface area contributed by atoms with Gasteiger partial charge in [-0.3, -0.25) is 9.59 Å². The normalized spacial score (nSPS) is 9.21. The average Bonchev–Trinajstić information content (AvgIpc) is 2.12. The smallest absolute Gasteiger partial charge is 0.396 e. The van der Waals surface area contributed by atoms with Gasteiger partial charge >= 0.3 is 11.9 Å². The van der Waals surface area contributed by atoms with Crippen LogP contribution in [0, 0.1) is 0 Å². The summed E-state index contributed by atoms with van der Waals surface area (Å²) in [7, 11) is 0. The number of primary amides is 1. The zero-order valence-corrected chi connectivity index (χ0v) is 8.04. The minimum atomic E-state index is -0.911. The quantitative estimate of drug-likeness (QED) is 0.337. The number of rotatable bonds is 5. The molecule has 80 valence electrons. The average molecular weight is 202 g/mol. The number of hydrogen-bond donors (Lipinski definition) is 2. The summed E-state index contributed by atoms with van der Waals surface area (Å²) in [5.41, 5.74) is 4.87. The molecule has 0 bridgehead atoms. The maximum atomic E-state index is 10.9. The van der Waals surface area contributed by atoms with Gasteiger partial charge in [-0.2, -0.15) is 0 Å². The Morgan fingerprint density at radius 1 is 1.36 bits per heavy atom. The number of nitrogens with two attached hydrogens (primary N) is 1. The highest BCUT2D eigenvalue weighted by Crippen LogP contribution is 1.85. The summed E-state index contributed by atoms with van der Waals surface area (Å²) in [6.45, 7) is 2.01. The summed E-state index contributed by atoms with van der Waals surface area (Å²) >= 11 is 0. The zero-order chi connectivity index (χ0) is 11.0. The number of esters is 1. The van der Waals surface area contributed by atoms with Crippen molar-refractivity contribution in [1.82, 2.24) is 5.32 Å². The van der Waals surface area contributed by atoms with Crippen LogP contribution in [0.2, 0.25) is 0 Å². The molecule has 0 aliphatic rings. The molecule has 2 amide bonds. The van der Waals surface area contributed by atoms with Gasteiger partial charge in [-0.25, -0.2) is 4.79 Å². The zero-order valence-electron chi connectivity index (χ0n) is 8.04. The molecule has 0 aliphatic heterocycles. The third-order valence-corrected chi connectivity index (χ3v) is 1.35. The SMILES string of the molecule is CCOC(=O)C(=O)NCCCC(N)=O. The van der Waals surface area contributed by atoms with Crippen LogP contribution in [0.25, 0.3) is 0 Å². The summed E-state index contributed by atoms with van der Waals surface area (Å²) in [6.07, 6.45) is 0.601. The van der Waals surface area contributed by atoms with Gasteiger partial charge in [-0.1, -0.05) is 0 Å². The minimum absolute atomic E-state index is 0.160. The molecule has 0 aliphatic carbocycles. The number of hydrogen-bond acceptors (Lipinski definition) is 4.